The van der Waals surface area contributed by atoms with Gasteiger partial charge in [-0.05, 0) is 44.1 Å². The number of likely N-dealkylation sites (tertiary alicyclic amines) is 1. The molecule has 3 heterocycles. The molecular weight excluding hydrogens is 314 g/mol. The first-order chi connectivity index (χ1) is 12.3. The van der Waals surface area contributed by atoms with Crippen LogP contribution >= 0.6 is 0 Å². The van der Waals surface area contributed by atoms with E-state index in [1.54, 1.807) is 4.68 Å². The molecule has 2 aliphatic carbocycles. The first kappa shape index (κ1) is 15.3. The number of imidazole rings is 1. The number of hydrogen-bond donors (Lipinski definition) is 0. The van der Waals surface area contributed by atoms with Crippen LogP contribution in [0.15, 0.2) is 23.4 Å². The van der Waals surface area contributed by atoms with Gasteiger partial charge in [-0.15, -0.1) is 0 Å². The standard InChI is InChI=1S/C19H25N5O/c25-19-7-15-3-1-2-4-18(15)21-24(19)11-14-9-22(10-14)12-17-8-20-13-23(17)16-5-6-16/h7-8,13-14,16H,1-6,9-12H2. The predicted molar refractivity (Wildman–Crippen MR) is 94.4 cm³/mol. The number of fused-ring (bicyclic) bond motifs is 1. The summed E-state index contributed by atoms with van der Waals surface area (Å²) in [6.07, 6.45) is 11.0. The van der Waals surface area contributed by atoms with Gasteiger partial charge < -0.3 is 4.57 Å². The summed E-state index contributed by atoms with van der Waals surface area (Å²) in [5.74, 6) is 0.532. The predicted octanol–water partition coefficient (Wildman–Crippen LogP) is 1.79. The Morgan fingerprint density at radius 1 is 1.16 bits per heavy atom. The number of aromatic nitrogens is 4. The van der Waals surface area contributed by atoms with E-state index in [1.165, 1.54) is 36.9 Å². The summed E-state index contributed by atoms with van der Waals surface area (Å²) in [5, 5.41) is 4.65. The van der Waals surface area contributed by atoms with E-state index in [1.807, 2.05) is 18.6 Å². The zero-order chi connectivity index (χ0) is 16.8. The van der Waals surface area contributed by atoms with Crippen LogP contribution in [-0.2, 0) is 25.9 Å². The minimum Gasteiger partial charge on any atom is -0.330 e. The molecule has 132 valence electrons. The van der Waals surface area contributed by atoms with Crippen LogP contribution in [0.5, 0.6) is 0 Å². The zero-order valence-corrected chi connectivity index (χ0v) is 14.6. The summed E-state index contributed by atoms with van der Waals surface area (Å²) in [7, 11) is 0. The summed E-state index contributed by atoms with van der Waals surface area (Å²) < 4.78 is 4.05. The smallest absolute Gasteiger partial charge is 0.267 e. The molecule has 0 radical (unpaired) electrons. The second kappa shape index (κ2) is 6.09. The van der Waals surface area contributed by atoms with Crippen LogP contribution in [-0.4, -0.2) is 37.3 Å². The van der Waals surface area contributed by atoms with Crippen molar-refractivity contribution in [2.75, 3.05) is 13.1 Å². The van der Waals surface area contributed by atoms with Crippen molar-refractivity contribution in [2.24, 2.45) is 5.92 Å². The fraction of sp³-hybridized carbons (Fsp3) is 0.632. The van der Waals surface area contributed by atoms with Crippen LogP contribution in [0.2, 0.25) is 0 Å². The Bertz CT molecular complexity index is 829. The maximum Gasteiger partial charge on any atom is 0.267 e. The maximum atomic E-state index is 12.3. The van der Waals surface area contributed by atoms with E-state index in [4.69, 9.17) is 0 Å². The minimum atomic E-state index is 0.0749. The van der Waals surface area contributed by atoms with Crippen LogP contribution in [0.25, 0.3) is 0 Å². The van der Waals surface area contributed by atoms with Crippen molar-refractivity contribution in [2.45, 2.75) is 57.7 Å². The van der Waals surface area contributed by atoms with Gasteiger partial charge in [-0.1, -0.05) is 0 Å². The molecule has 0 bridgehead atoms. The average molecular weight is 339 g/mol. The number of nitrogens with zero attached hydrogens (tertiary/aromatic N) is 5. The Morgan fingerprint density at radius 3 is 2.84 bits per heavy atom. The molecule has 0 unspecified atom stereocenters. The highest BCUT2D eigenvalue weighted by atomic mass is 16.1. The Morgan fingerprint density at radius 2 is 2.00 bits per heavy atom. The van der Waals surface area contributed by atoms with Gasteiger partial charge in [0.25, 0.3) is 5.56 Å². The normalized spacial score (nSPS) is 21.1. The molecule has 1 saturated heterocycles. The molecule has 0 aromatic carbocycles. The molecule has 0 N–H and O–H groups in total. The van der Waals surface area contributed by atoms with Crippen molar-refractivity contribution in [3.63, 3.8) is 0 Å². The van der Waals surface area contributed by atoms with Crippen molar-refractivity contribution < 1.29 is 0 Å². The van der Waals surface area contributed by atoms with Crippen LogP contribution in [0.1, 0.15) is 48.7 Å². The third-order valence-corrected chi connectivity index (χ3v) is 5.81. The van der Waals surface area contributed by atoms with Gasteiger partial charge in [0.1, 0.15) is 0 Å². The van der Waals surface area contributed by atoms with Crippen molar-refractivity contribution in [3.05, 3.63) is 45.9 Å². The fourth-order valence-electron chi connectivity index (χ4n) is 4.26. The van der Waals surface area contributed by atoms with Crippen LogP contribution < -0.4 is 5.56 Å². The van der Waals surface area contributed by atoms with E-state index < -0.39 is 0 Å². The van der Waals surface area contributed by atoms with Crippen LogP contribution in [0, 0.1) is 5.92 Å². The molecule has 3 aliphatic rings. The lowest BCUT2D eigenvalue weighted by Crippen LogP contribution is -2.49. The van der Waals surface area contributed by atoms with Gasteiger partial charge in [0.2, 0.25) is 0 Å². The lowest BCUT2D eigenvalue weighted by Gasteiger charge is -2.39. The topological polar surface area (TPSA) is 56.0 Å². The molecule has 0 spiro atoms. The molecule has 6 nitrogen and oxygen atoms in total. The van der Waals surface area contributed by atoms with E-state index in [0.29, 0.717) is 12.0 Å². The molecule has 5 rings (SSSR count). The lowest BCUT2D eigenvalue weighted by atomic mass is 9.96. The first-order valence-corrected chi connectivity index (χ1v) is 9.59. The molecule has 0 atom stereocenters. The molecule has 0 amide bonds. The summed E-state index contributed by atoms with van der Waals surface area (Å²) in [6.45, 7) is 3.81. The van der Waals surface area contributed by atoms with Crippen molar-refractivity contribution in [3.8, 4) is 0 Å². The molecule has 1 saturated carbocycles. The molecule has 1 aliphatic heterocycles. The highest BCUT2D eigenvalue weighted by Crippen LogP contribution is 2.36. The number of rotatable bonds is 5. The molecule has 2 fully saturated rings. The number of aryl methyl sites for hydroxylation is 2. The third kappa shape index (κ3) is 3.03. The van der Waals surface area contributed by atoms with Gasteiger partial charge in [0.05, 0.1) is 24.3 Å². The SMILES string of the molecule is O=c1cc2c(nn1CC1CN(Cc3cncn3C3CC3)C1)CCCC2. The fourth-order valence-corrected chi connectivity index (χ4v) is 4.26. The Labute approximate surface area is 147 Å². The second-order valence-electron chi connectivity index (χ2n) is 7.93. The van der Waals surface area contributed by atoms with Gasteiger partial charge in [0, 0.05) is 43.9 Å². The van der Waals surface area contributed by atoms with Gasteiger partial charge in [-0.2, -0.15) is 5.10 Å². The van der Waals surface area contributed by atoms with E-state index in [9.17, 15) is 4.79 Å². The van der Waals surface area contributed by atoms with Gasteiger partial charge in [0.15, 0.2) is 0 Å². The van der Waals surface area contributed by atoms with Gasteiger partial charge >= 0.3 is 0 Å². The Balaban J connectivity index is 1.20. The maximum absolute atomic E-state index is 12.3. The summed E-state index contributed by atoms with van der Waals surface area (Å²) >= 11 is 0. The van der Waals surface area contributed by atoms with Gasteiger partial charge in [-0.3, -0.25) is 9.69 Å². The van der Waals surface area contributed by atoms with Gasteiger partial charge in [-0.25, -0.2) is 9.67 Å². The Kier molecular flexibility index (Phi) is 3.73. The summed E-state index contributed by atoms with van der Waals surface area (Å²) in [4.78, 5) is 19.1. The van der Waals surface area contributed by atoms with E-state index >= 15 is 0 Å². The first-order valence-electron chi connectivity index (χ1n) is 9.59. The quantitative estimate of drug-likeness (QED) is 0.833. The van der Waals surface area contributed by atoms with E-state index in [2.05, 4.69) is 19.5 Å². The Hall–Kier alpha value is -1.95. The summed E-state index contributed by atoms with van der Waals surface area (Å²) in [5.41, 5.74) is 3.72. The minimum absolute atomic E-state index is 0.0749. The van der Waals surface area contributed by atoms with Crippen LogP contribution in [0.4, 0.5) is 0 Å². The monoisotopic (exact) mass is 339 g/mol. The molecule has 2 aromatic rings. The largest absolute Gasteiger partial charge is 0.330 e. The summed E-state index contributed by atoms with van der Waals surface area (Å²) in [6, 6.07) is 2.51. The molecule has 6 heteroatoms. The van der Waals surface area contributed by atoms with Crippen LogP contribution in [0.3, 0.4) is 0 Å². The molecular formula is C19H25N5O. The molecule has 2 aromatic heterocycles. The van der Waals surface area contributed by atoms with Crippen molar-refractivity contribution in [1.82, 2.24) is 24.2 Å². The number of hydrogen-bond acceptors (Lipinski definition) is 4. The zero-order valence-electron chi connectivity index (χ0n) is 14.6. The van der Waals surface area contributed by atoms with Crippen molar-refractivity contribution in [1.29, 1.82) is 0 Å². The van der Waals surface area contributed by atoms with Crippen molar-refractivity contribution >= 4 is 0 Å². The molecule has 25 heavy (non-hydrogen) atoms. The van der Waals surface area contributed by atoms with E-state index in [0.717, 1.165) is 44.7 Å². The highest BCUT2D eigenvalue weighted by molar-refractivity contribution is 5.20. The second-order valence-corrected chi connectivity index (χ2v) is 7.93. The third-order valence-electron chi connectivity index (χ3n) is 5.81. The van der Waals surface area contributed by atoms with E-state index in [-0.39, 0.29) is 5.56 Å². The average Bonchev–Trinajstić information content (AvgIpc) is 3.32. The highest BCUT2D eigenvalue weighted by Gasteiger charge is 2.30. The lowest BCUT2D eigenvalue weighted by molar-refractivity contribution is 0.0740.